The molecule has 0 aliphatic carbocycles. The van der Waals surface area contributed by atoms with E-state index in [4.69, 9.17) is 0 Å². The molecule has 0 radical (unpaired) electrons. The fourth-order valence-electron chi connectivity index (χ4n) is 3.11. The maximum atomic E-state index is 13.5. The van der Waals surface area contributed by atoms with Crippen LogP contribution >= 0.6 is 0 Å². The van der Waals surface area contributed by atoms with E-state index in [1.165, 1.54) is 23.4 Å². The monoisotopic (exact) mass is 400 g/mol. The van der Waals surface area contributed by atoms with Gasteiger partial charge in [-0.1, -0.05) is 6.42 Å². The summed E-state index contributed by atoms with van der Waals surface area (Å²) >= 11 is 0. The first-order valence-electron chi connectivity index (χ1n) is 9.00. The second-order valence-corrected chi connectivity index (χ2v) is 8.33. The highest BCUT2D eigenvalue weighted by atomic mass is 32.2. The van der Waals surface area contributed by atoms with Gasteiger partial charge in [-0.2, -0.15) is 4.31 Å². The van der Waals surface area contributed by atoms with Gasteiger partial charge < -0.3 is 10.1 Å². The Morgan fingerprint density at radius 1 is 1.33 bits per heavy atom. The van der Waals surface area contributed by atoms with Crippen molar-refractivity contribution < 1.29 is 27.1 Å². The van der Waals surface area contributed by atoms with E-state index < -0.39 is 27.7 Å². The number of ether oxygens (including phenoxy) is 1. The summed E-state index contributed by atoms with van der Waals surface area (Å²) in [4.78, 5) is 23.0. The molecule has 0 bridgehead atoms. The molecule has 1 aromatic carbocycles. The molecule has 1 unspecified atom stereocenters. The summed E-state index contributed by atoms with van der Waals surface area (Å²) in [6.45, 7) is 3.77. The molecule has 1 saturated heterocycles. The van der Waals surface area contributed by atoms with Gasteiger partial charge in [0.2, 0.25) is 10.0 Å². The van der Waals surface area contributed by atoms with Crippen LogP contribution in [0.15, 0.2) is 23.1 Å². The zero-order chi connectivity index (χ0) is 20.0. The molecule has 1 aliphatic heterocycles. The third-order valence-electron chi connectivity index (χ3n) is 4.53. The SMILES string of the molecule is CCOC(=O)C(=O)NCCC1CCCCN1S(=O)(=O)c1ccc(F)c(C)c1. The lowest BCUT2D eigenvalue weighted by atomic mass is 10.0. The summed E-state index contributed by atoms with van der Waals surface area (Å²) in [5, 5.41) is 2.46. The number of halogens is 1. The number of piperidine rings is 1. The van der Waals surface area contributed by atoms with Crippen LogP contribution in [0.1, 0.15) is 38.2 Å². The third-order valence-corrected chi connectivity index (χ3v) is 6.48. The molecule has 1 aromatic rings. The molecular formula is C18H25FN2O5S. The van der Waals surface area contributed by atoms with Crippen LogP contribution < -0.4 is 5.32 Å². The van der Waals surface area contributed by atoms with Crippen molar-refractivity contribution in [2.75, 3.05) is 19.7 Å². The zero-order valence-electron chi connectivity index (χ0n) is 15.5. The number of esters is 1. The van der Waals surface area contributed by atoms with E-state index >= 15 is 0 Å². The Balaban J connectivity index is 2.06. The Kier molecular flexibility index (Phi) is 7.32. The first-order valence-corrected chi connectivity index (χ1v) is 10.4. The number of rotatable bonds is 6. The summed E-state index contributed by atoms with van der Waals surface area (Å²) in [7, 11) is -3.76. The molecule has 1 aliphatic rings. The largest absolute Gasteiger partial charge is 0.459 e. The topological polar surface area (TPSA) is 92.8 Å². The van der Waals surface area contributed by atoms with Gasteiger partial charge in [0.05, 0.1) is 11.5 Å². The van der Waals surface area contributed by atoms with E-state index in [9.17, 15) is 22.4 Å². The summed E-state index contributed by atoms with van der Waals surface area (Å²) < 4.78 is 45.5. The van der Waals surface area contributed by atoms with Crippen LogP contribution in [0.2, 0.25) is 0 Å². The number of sulfonamides is 1. The van der Waals surface area contributed by atoms with Crippen molar-refractivity contribution in [3.05, 3.63) is 29.6 Å². The summed E-state index contributed by atoms with van der Waals surface area (Å²) in [5.41, 5.74) is 0.270. The Hall–Kier alpha value is -2.00. The van der Waals surface area contributed by atoms with E-state index in [-0.39, 0.29) is 29.7 Å². The number of hydrogen-bond acceptors (Lipinski definition) is 5. The van der Waals surface area contributed by atoms with Crippen molar-refractivity contribution in [1.29, 1.82) is 0 Å². The Labute approximate surface area is 158 Å². The van der Waals surface area contributed by atoms with Gasteiger partial charge in [-0.15, -0.1) is 0 Å². The number of nitrogens with one attached hydrogen (secondary N) is 1. The number of carbonyl (C=O) groups excluding carboxylic acids is 2. The molecule has 150 valence electrons. The number of nitrogens with zero attached hydrogens (tertiary/aromatic N) is 1. The van der Waals surface area contributed by atoms with Crippen molar-refractivity contribution in [2.45, 2.75) is 50.5 Å². The second-order valence-electron chi connectivity index (χ2n) is 6.44. The minimum atomic E-state index is -3.76. The average molecular weight is 400 g/mol. The molecule has 0 spiro atoms. The molecule has 2 rings (SSSR count). The van der Waals surface area contributed by atoms with E-state index in [1.807, 2.05) is 0 Å². The molecule has 1 atom stereocenters. The van der Waals surface area contributed by atoms with Crippen molar-refractivity contribution in [1.82, 2.24) is 9.62 Å². The van der Waals surface area contributed by atoms with Crippen LogP contribution in [0.25, 0.3) is 0 Å². The van der Waals surface area contributed by atoms with E-state index in [2.05, 4.69) is 10.1 Å². The van der Waals surface area contributed by atoms with Crippen LogP contribution in [0.3, 0.4) is 0 Å². The van der Waals surface area contributed by atoms with Crippen LogP contribution in [0.5, 0.6) is 0 Å². The number of amides is 1. The fraction of sp³-hybridized carbons (Fsp3) is 0.556. The zero-order valence-corrected chi connectivity index (χ0v) is 16.4. The maximum Gasteiger partial charge on any atom is 0.396 e. The van der Waals surface area contributed by atoms with Gasteiger partial charge in [0.15, 0.2) is 0 Å². The van der Waals surface area contributed by atoms with E-state index in [0.29, 0.717) is 19.4 Å². The van der Waals surface area contributed by atoms with Gasteiger partial charge in [-0.05, 0) is 56.9 Å². The minimum absolute atomic E-state index is 0.0591. The summed E-state index contributed by atoms with van der Waals surface area (Å²) in [5.74, 6) is -2.24. The quantitative estimate of drug-likeness (QED) is 0.580. The van der Waals surface area contributed by atoms with Crippen LogP contribution in [-0.4, -0.2) is 50.3 Å². The first kappa shape index (κ1) is 21.3. The van der Waals surface area contributed by atoms with Crippen molar-refractivity contribution >= 4 is 21.9 Å². The lowest BCUT2D eigenvalue weighted by Gasteiger charge is -2.34. The van der Waals surface area contributed by atoms with Crippen LogP contribution in [0.4, 0.5) is 4.39 Å². The number of hydrogen-bond donors (Lipinski definition) is 1. The smallest absolute Gasteiger partial charge is 0.396 e. The Bertz CT molecular complexity index is 797. The molecule has 27 heavy (non-hydrogen) atoms. The van der Waals surface area contributed by atoms with Gasteiger partial charge >= 0.3 is 11.9 Å². The Morgan fingerprint density at radius 3 is 2.74 bits per heavy atom. The first-order chi connectivity index (χ1) is 12.8. The summed E-state index contributed by atoms with van der Waals surface area (Å²) in [6.07, 6.45) is 2.66. The molecule has 0 saturated carbocycles. The minimum Gasteiger partial charge on any atom is -0.459 e. The highest BCUT2D eigenvalue weighted by molar-refractivity contribution is 7.89. The molecule has 1 amide bonds. The highest BCUT2D eigenvalue weighted by Crippen LogP contribution is 2.27. The Morgan fingerprint density at radius 2 is 2.07 bits per heavy atom. The van der Waals surface area contributed by atoms with E-state index in [1.54, 1.807) is 6.92 Å². The average Bonchev–Trinajstić information content (AvgIpc) is 2.64. The normalized spacial score (nSPS) is 18.1. The number of carbonyl (C=O) groups is 2. The molecule has 9 heteroatoms. The van der Waals surface area contributed by atoms with Gasteiger partial charge in [-0.25, -0.2) is 17.6 Å². The van der Waals surface area contributed by atoms with Crippen molar-refractivity contribution in [3.8, 4) is 0 Å². The maximum absolute atomic E-state index is 13.5. The summed E-state index contributed by atoms with van der Waals surface area (Å²) in [6, 6.07) is 3.46. The van der Waals surface area contributed by atoms with Crippen LogP contribution in [0, 0.1) is 12.7 Å². The van der Waals surface area contributed by atoms with Gasteiger partial charge in [0.1, 0.15) is 5.82 Å². The molecular weight excluding hydrogens is 375 g/mol. The van der Waals surface area contributed by atoms with Crippen molar-refractivity contribution in [3.63, 3.8) is 0 Å². The second kappa shape index (κ2) is 9.27. The molecule has 1 fully saturated rings. The van der Waals surface area contributed by atoms with Gasteiger partial charge in [-0.3, -0.25) is 4.79 Å². The van der Waals surface area contributed by atoms with E-state index in [0.717, 1.165) is 18.9 Å². The number of benzene rings is 1. The lowest BCUT2D eigenvalue weighted by molar-refractivity contribution is -0.154. The third kappa shape index (κ3) is 5.26. The standard InChI is InChI=1S/C18H25FN2O5S/c1-3-26-18(23)17(22)20-10-9-14-6-4-5-11-21(14)27(24,25)15-7-8-16(19)13(2)12-15/h7-8,12,14H,3-6,9-11H2,1-2H3,(H,20,22). The van der Waals surface area contributed by atoms with Crippen LogP contribution in [-0.2, 0) is 24.3 Å². The van der Waals surface area contributed by atoms with Gasteiger partial charge in [0.25, 0.3) is 0 Å². The lowest BCUT2D eigenvalue weighted by Crippen LogP contribution is -2.45. The molecule has 1 N–H and O–H groups in total. The fourth-order valence-corrected chi connectivity index (χ4v) is 4.92. The highest BCUT2D eigenvalue weighted by Gasteiger charge is 2.33. The predicted octanol–water partition coefficient (Wildman–Crippen LogP) is 1.75. The van der Waals surface area contributed by atoms with Crippen molar-refractivity contribution in [2.24, 2.45) is 0 Å². The molecule has 0 aromatic heterocycles. The molecule has 1 heterocycles. The number of aryl methyl sites for hydroxylation is 1. The molecule has 7 nitrogen and oxygen atoms in total. The van der Waals surface area contributed by atoms with Gasteiger partial charge in [0, 0.05) is 19.1 Å². The predicted molar refractivity (Wildman–Crippen MR) is 96.9 cm³/mol.